The van der Waals surface area contributed by atoms with Crippen molar-refractivity contribution in [1.29, 1.82) is 0 Å². The van der Waals surface area contributed by atoms with Crippen molar-refractivity contribution in [2.45, 2.75) is 19.1 Å². The van der Waals surface area contributed by atoms with Gasteiger partial charge in [-0.05, 0) is 13.0 Å². The molecule has 2 atom stereocenters. The number of rotatable bonds is 3. The minimum atomic E-state index is -1.06. The highest BCUT2D eigenvalue weighted by Gasteiger charge is 2.26. The van der Waals surface area contributed by atoms with Crippen molar-refractivity contribution < 1.29 is 19.7 Å². The SMILES string of the molecule is CC1CN(c2ncc(C(=O)O)cc2N)CC(CO)O1. The number of carboxylic acids is 1. The number of carboxylic acid groups (broad SMARTS) is 1. The van der Waals surface area contributed by atoms with E-state index in [0.29, 0.717) is 24.6 Å². The predicted octanol–water partition coefficient (Wildman–Crippen LogP) is -0.0520. The van der Waals surface area contributed by atoms with Gasteiger partial charge in [0.2, 0.25) is 0 Å². The summed E-state index contributed by atoms with van der Waals surface area (Å²) in [6, 6.07) is 1.39. The molecule has 2 unspecified atom stereocenters. The molecule has 1 aromatic heterocycles. The number of aliphatic hydroxyl groups excluding tert-OH is 1. The molecule has 0 aliphatic carbocycles. The zero-order chi connectivity index (χ0) is 14.0. The number of anilines is 2. The molecule has 0 aromatic carbocycles. The molecule has 0 radical (unpaired) electrons. The number of nitrogen functional groups attached to an aromatic ring is 1. The molecule has 1 aromatic rings. The lowest BCUT2D eigenvalue weighted by Gasteiger charge is -2.37. The van der Waals surface area contributed by atoms with Gasteiger partial charge in [-0.3, -0.25) is 0 Å². The molecule has 1 saturated heterocycles. The third-order valence-corrected chi connectivity index (χ3v) is 2.97. The molecule has 0 amide bonds. The Bertz CT molecular complexity index is 480. The number of nitrogens with two attached hydrogens (primary N) is 1. The van der Waals surface area contributed by atoms with E-state index in [0.717, 1.165) is 0 Å². The molecule has 1 aliphatic rings. The molecule has 1 aliphatic heterocycles. The summed E-state index contributed by atoms with van der Waals surface area (Å²) in [5.74, 6) is -0.534. The second-order valence-corrected chi connectivity index (χ2v) is 4.60. The van der Waals surface area contributed by atoms with E-state index in [2.05, 4.69) is 4.98 Å². The number of nitrogens with zero attached hydrogens (tertiary/aromatic N) is 2. The van der Waals surface area contributed by atoms with Crippen LogP contribution in [-0.4, -0.2) is 53.1 Å². The van der Waals surface area contributed by atoms with Crippen LogP contribution in [-0.2, 0) is 4.74 Å². The summed E-state index contributed by atoms with van der Waals surface area (Å²) in [5, 5.41) is 18.0. The maximum absolute atomic E-state index is 10.8. The molecule has 4 N–H and O–H groups in total. The van der Waals surface area contributed by atoms with Crippen LogP contribution in [0.5, 0.6) is 0 Å². The summed E-state index contributed by atoms with van der Waals surface area (Å²) >= 11 is 0. The summed E-state index contributed by atoms with van der Waals surface area (Å²) in [6.07, 6.45) is 0.942. The molecule has 0 bridgehead atoms. The number of pyridine rings is 1. The Morgan fingerprint density at radius 1 is 1.63 bits per heavy atom. The van der Waals surface area contributed by atoms with Crippen molar-refractivity contribution in [3.05, 3.63) is 17.8 Å². The van der Waals surface area contributed by atoms with E-state index in [1.165, 1.54) is 12.3 Å². The second kappa shape index (κ2) is 5.41. The van der Waals surface area contributed by atoms with Crippen LogP contribution in [0.25, 0.3) is 0 Å². The first-order valence-electron chi connectivity index (χ1n) is 6.01. The Morgan fingerprint density at radius 2 is 2.37 bits per heavy atom. The Kier molecular flexibility index (Phi) is 3.87. The molecule has 1 fully saturated rings. The number of ether oxygens (including phenoxy) is 1. The molecule has 7 nitrogen and oxygen atoms in total. The van der Waals surface area contributed by atoms with Crippen molar-refractivity contribution in [2.24, 2.45) is 0 Å². The van der Waals surface area contributed by atoms with Gasteiger partial charge in [0.15, 0.2) is 5.82 Å². The van der Waals surface area contributed by atoms with E-state index in [9.17, 15) is 9.90 Å². The predicted molar refractivity (Wildman–Crippen MR) is 69.2 cm³/mol. The minimum absolute atomic E-state index is 0.0498. The topological polar surface area (TPSA) is 109 Å². The lowest BCUT2D eigenvalue weighted by atomic mass is 10.2. The van der Waals surface area contributed by atoms with Gasteiger partial charge in [-0.25, -0.2) is 9.78 Å². The van der Waals surface area contributed by atoms with Gasteiger partial charge < -0.3 is 25.6 Å². The molecule has 0 saturated carbocycles. The van der Waals surface area contributed by atoms with Crippen LogP contribution < -0.4 is 10.6 Å². The monoisotopic (exact) mass is 267 g/mol. The van der Waals surface area contributed by atoms with Crippen LogP contribution in [0.2, 0.25) is 0 Å². The quantitative estimate of drug-likeness (QED) is 0.704. The van der Waals surface area contributed by atoms with Gasteiger partial charge in [-0.1, -0.05) is 0 Å². The summed E-state index contributed by atoms with van der Waals surface area (Å²) in [6.45, 7) is 2.90. The van der Waals surface area contributed by atoms with E-state index in [1.807, 2.05) is 11.8 Å². The van der Waals surface area contributed by atoms with Gasteiger partial charge in [0.1, 0.15) is 0 Å². The zero-order valence-corrected chi connectivity index (χ0v) is 10.6. The number of aromatic carboxylic acids is 1. The Labute approximate surface area is 110 Å². The number of aliphatic hydroxyl groups is 1. The maximum Gasteiger partial charge on any atom is 0.337 e. The highest BCUT2D eigenvalue weighted by molar-refractivity contribution is 5.89. The molecule has 19 heavy (non-hydrogen) atoms. The first-order chi connectivity index (χ1) is 9.01. The number of aromatic nitrogens is 1. The van der Waals surface area contributed by atoms with E-state index >= 15 is 0 Å². The minimum Gasteiger partial charge on any atom is -0.478 e. The van der Waals surface area contributed by atoms with E-state index in [1.54, 1.807) is 0 Å². The van der Waals surface area contributed by atoms with Crippen LogP contribution >= 0.6 is 0 Å². The van der Waals surface area contributed by atoms with Crippen LogP contribution in [0.4, 0.5) is 11.5 Å². The molecule has 0 spiro atoms. The van der Waals surface area contributed by atoms with E-state index in [4.69, 9.17) is 15.6 Å². The average molecular weight is 267 g/mol. The third kappa shape index (κ3) is 2.94. The normalized spacial score (nSPS) is 23.4. The Balaban J connectivity index is 2.23. The highest BCUT2D eigenvalue weighted by Crippen LogP contribution is 2.24. The smallest absolute Gasteiger partial charge is 0.337 e. The van der Waals surface area contributed by atoms with Crippen LogP contribution in [0.1, 0.15) is 17.3 Å². The first kappa shape index (κ1) is 13.6. The molecule has 2 heterocycles. The molecular formula is C12H17N3O4. The third-order valence-electron chi connectivity index (χ3n) is 2.97. The number of hydrogen-bond acceptors (Lipinski definition) is 6. The van der Waals surface area contributed by atoms with Gasteiger partial charge >= 0.3 is 5.97 Å². The molecule has 104 valence electrons. The van der Waals surface area contributed by atoms with Gasteiger partial charge in [0, 0.05) is 19.3 Å². The number of morpholine rings is 1. The molecule has 7 heteroatoms. The standard InChI is InChI=1S/C12H17N3O4/c1-7-4-15(5-9(6-16)19-7)11-10(13)2-8(3-14-11)12(17)18/h2-3,7,9,16H,4-6,13H2,1H3,(H,17,18). The van der Waals surface area contributed by atoms with Crippen molar-refractivity contribution in [3.63, 3.8) is 0 Å². The highest BCUT2D eigenvalue weighted by atomic mass is 16.5. The maximum atomic E-state index is 10.8. The fourth-order valence-corrected chi connectivity index (χ4v) is 2.17. The zero-order valence-electron chi connectivity index (χ0n) is 10.6. The van der Waals surface area contributed by atoms with Crippen LogP contribution in [0.3, 0.4) is 0 Å². The fourth-order valence-electron chi connectivity index (χ4n) is 2.17. The molecule has 2 rings (SSSR count). The number of carbonyl (C=O) groups is 1. The van der Waals surface area contributed by atoms with Crippen LogP contribution in [0.15, 0.2) is 12.3 Å². The van der Waals surface area contributed by atoms with Crippen molar-refractivity contribution >= 4 is 17.5 Å². The average Bonchev–Trinajstić information content (AvgIpc) is 2.37. The Morgan fingerprint density at radius 3 is 2.95 bits per heavy atom. The van der Waals surface area contributed by atoms with Crippen molar-refractivity contribution in [3.8, 4) is 0 Å². The lowest BCUT2D eigenvalue weighted by molar-refractivity contribution is -0.0422. The molecular weight excluding hydrogens is 250 g/mol. The summed E-state index contributed by atoms with van der Waals surface area (Å²) in [5.41, 5.74) is 6.22. The second-order valence-electron chi connectivity index (χ2n) is 4.60. The number of hydrogen-bond donors (Lipinski definition) is 3. The van der Waals surface area contributed by atoms with E-state index < -0.39 is 5.97 Å². The van der Waals surface area contributed by atoms with Crippen molar-refractivity contribution in [1.82, 2.24) is 4.98 Å². The largest absolute Gasteiger partial charge is 0.478 e. The van der Waals surface area contributed by atoms with Crippen molar-refractivity contribution in [2.75, 3.05) is 30.3 Å². The van der Waals surface area contributed by atoms with Crippen LogP contribution in [0, 0.1) is 0 Å². The summed E-state index contributed by atoms with van der Waals surface area (Å²) < 4.78 is 5.53. The summed E-state index contributed by atoms with van der Waals surface area (Å²) in [7, 11) is 0. The van der Waals surface area contributed by atoms with Gasteiger partial charge in [0.25, 0.3) is 0 Å². The lowest BCUT2D eigenvalue weighted by Crippen LogP contribution is -2.48. The Hall–Kier alpha value is -1.86. The van der Waals surface area contributed by atoms with Gasteiger partial charge in [-0.2, -0.15) is 0 Å². The van der Waals surface area contributed by atoms with E-state index in [-0.39, 0.29) is 24.4 Å². The first-order valence-corrected chi connectivity index (χ1v) is 6.01. The fraction of sp³-hybridized carbons (Fsp3) is 0.500. The van der Waals surface area contributed by atoms with Gasteiger partial charge in [-0.15, -0.1) is 0 Å². The summed E-state index contributed by atoms with van der Waals surface area (Å²) in [4.78, 5) is 16.8. The van der Waals surface area contributed by atoms with Gasteiger partial charge in [0.05, 0.1) is 30.1 Å².